The van der Waals surface area contributed by atoms with Crippen molar-refractivity contribution in [1.82, 2.24) is 5.32 Å². The fraction of sp³-hybridized carbons (Fsp3) is 0.412. The lowest BCUT2D eigenvalue weighted by Gasteiger charge is -2.31. The highest BCUT2D eigenvalue weighted by molar-refractivity contribution is 7.10. The first-order valence-corrected chi connectivity index (χ1v) is 8.62. The highest BCUT2D eigenvalue weighted by atomic mass is 35.5. The third-order valence-electron chi connectivity index (χ3n) is 4.41. The van der Waals surface area contributed by atoms with Crippen molar-refractivity contribution in [3.05, 3.63) is 56.5 Å². The Morgan fingerprint density at radius 1 is 1.43 bits per heavy atom. The van der Waals surface area contributed by atoms with Crippen LogP contribution in [-0.4, -0.2) is 13.1 Å². The number of rotatable bonds is 4. The number of hydrogen-bond donors (Lipinski definition) is 1. The lowest BCUT2D eigenvalue weighted by Crippen LogP contribution is -2.35. The molecule has 2 aromatic rings. The Morgan fingerprint density at radius 3 is 3.05 bits per heavy atom. The van der Waals surface area contributed by atoms with Crippen LogP contribution in [0.3, 0.4) is 0 Å². The monoisotopic (exact) mass is 323 g/mol. The molecule has 1 N–H and O–H groups in total. The first-order valence-electron chi connectivity index (χ1n) is 7.36. The highest BCUT2D eigenvalue weighted by Crippen LogP contribution is 2.38. The van der Waals surface area contributed by atoms with Crippen LogP contribution in [0.4, 0.5) is 4.39 Å². The maximum atomic E-state index is 13.2. The second kappa shape index (κ2) is 6.47. The van der Waals surface area contributed by atoms with Gasteiger partial charge >= 0.3 is 0 Å². The van der Waals surface area contributed by atoms with Gasteiger partial charge in [-0.15, -0.1) is 11.3 Å². The second-order valence-corrected chi connectivity index (χ2v) is 7.04. The van der Waals surface area contributed by atoms with Crippen LogP contribution in [0.2, 0.25) is 5.02 Å². The van der Waals surface area contributed by atoms with Crippen LogP contribution in [0, 0.1) is 5.82 Å². The molecule has 0 fully saturated rings. The van der Waals surface area contributed by atoms with Gasteiger partial charge in [0.05, 0.1) is 0 Å². The van der Waals surface area contributed by atoms with Crippen LogP contribution < -0.4 is 5.32 Å². The molecule has 0 spiro atoms. The quantitative estimate of drug-likeness (QED) is 0.853. The van der Waals surface area contributed by atoms with E-state index in [9.17, 15) is 4.39 Å². The van der Waals surface area contributed by atoms with Gasteiger partial charge in [-0.05, 0) is 67.4 Å². The van der Waals surface area contributed by atoms with E-state index in [2.05, 4.69) is 16.8 Å². The summed E-state index contributed by atoms with van der Waals surface area (Å²) in [7, 11) is 2.00. The number of halogens is 2. The first kappa shape index (κ1) is 15.0. The Bertz CT molecular complexity index is 625. The molecule has 3 rings (SSSR count). The maximum Gasteiger partial charge on any atom is 0.124 e. The minimum absolute atomic E-state index is 0.275. The maximum absolute atomic E-state index is 13.2. The summed E-state index contributed by atoms with van der Waals surface area (Å²) in [6, 6.07) is 7.30. The SMILES string of the molecule is CNC(Cc1ccc(F)cc1Cl)C1CCCc2sccc21. The van der Waals surface area contributed by atoms with Gasteiger partial charge in [-0.1, -0.05) is 17.7 Å². The molecule has 1 aliphatic carbocycles. The standard InChI is InChI=1S/C17H19ClFNS/c1-20-16(9-11-5-6-12(19)10-15(11)18)13-3-2-4-17-14(13)7-8-21-17/h5-8,10,13,16,20H,2-4,9H2,1H3. The third-order valence-corrected chi connectivity index (χ3v) is 5.76. The van der Waals surface area contributed by atoms with E-state index in [0.29, 0.717) is 17.0 Å². The Hall–Kier alpha value is -0.900. The van der Waals surface area contributed by atoms with Crippen molar-refractivity contribution in [3.63, 3.8) is 0 Å². The molecule has 4 heteroatoms. The van der Waals surface area contributed by atoms with Crippen molar-refractivity contribution >= 4 is 22.9 Å². The molecule has 112 valence electrons. The zero-order valence-electron chi connectivity index (χ0n) is 12.0. The van der Waals surface area contributed by atoms with E-state index < -0.39 is 0 Å². The Morgan fingerprint density at radius 2 is 2.29 bits per heavy atom. The third kappa shape index (κ3) is 3.15. The molecule has 1 nitrogen and oxygen atoms in total. The topological polar surface area (TPSA) is 12.0 Å². The van der Waals surface area contributed by atoms with E-state index in [1.54, 1.807) is 6.07 Å². The van der Waals surface area contributed by atoms with Crippen molar-refractivity contribution in [2.24, 2.45) is 0 Å². The van der Waals surface area contributed by atoms with Gasteiger partial charge in [0.2, 0.25) is 0 Å². The molecule has 1 aromatic carbocycles. The molecule has 1 aromatic heterocycles. The number of fused-ring (bicyclic) bond motifs is 1. The number of hydrogen-bond acceptors (Lipinski definition) is 2. The van der Waals surface area contributed by atoms with Gasteiger partial charge in [0.15, 0.2) is 0 Å². The summed E-state index contributed by atoms with van der Waals surface area (Å²) in [5.41, 5.74) is 2.50. The minimum atomic E-state index is -0.275. The van der Waals surface area contributed by atoms with Crippen LogP contribution in [0.15, 0.2) is 29.6 Å². The lowest BCUT2D eigenvalue weighted by molar-refractivity contribution is 0.413. The lowest BCUT2D eigenvalue weighted by atomic mass is 9.80. The van der Waals surface area contributed by atoms with Crippen LogP contribution in [0.1, 0.15) is 34.8 Å². The summed E-state index contributed by atoms with van der Waals surface area (Å²) >= 11 is 8.05. The van der Waals surface area contributed by atoms with E-state index in [-0.39, 0.29) is 5.82 Å². The molecule has 0 amide bonds. The van der Waals surface area contributed by atoms with Crippen LogP contribution in [-0.2, 0) is 12.8 Å². The number of benzene rings is 1. The molecule has 0 bridgehead atoms. The Kier molecular flexibility index (Phi) is 4.63. The summed E-state index contributed by atoms with van der Waals surface area (Å²) in [5.74, 6) is 0.244. The van der Waals surface area contributed by atoms with Gasteiger partial charge in [0, 0.05) is 21.9 Å². The minimum Gasteiger partial charge on any atom is -0.316 e. The molecular formula is C17H19ClFNS. The Balaban J connectivity index is 1.83. The highest BCUT2D eigenvalue weighted by Gasteiger charge is 2.28. The summed E-state index contributed by atoms with van der Waals surface area (Å²) in [4.78, 5) is 1.52. The van der Waals surface area contributed by atoms with Crippen molar-refractivity contribution < 1.29 is 4.39 Å². The average molecular weight is 324 g/mol. The normalized spacial score (nSPS) is 19.3. The molecule has 0 aliphatic heterocycles. The average Bonchev–Trinajstić information content (AvgIpc) is 2.95. The molecule has 0 saturated heterocycles. The van der Waals surface area contributed by atoms with Gasteiger partial charge in [-0.25, -0.2) is 4.39 Å². The molecule has 2 unspecified atom stereocenters. The van der Waals surface area contributed by atoms with E-state index in [0.717, 1.165) is 12.0 Å². The second-order valence-electron chi connectivity index (χ2n) is 5.63. The van der Waals surface area contributed by atoms with Crippen LogP contribution >= 0.6 is 22.9 Å². The largest absolute Gasteiger partial charge is 0.316 e. The van der Waals surface area contributed by atoms with Gasteiger partial charge in [-0.2, -0.15) is 0 Å². The van der Waals surface area contributed by atoms with Crippen molar-refractivity contribution in [3.8, 4) is 0 Å². The van der Waals surface area contributed by atoms with E-state index >= 15 is 0 Å². The Labute approximate surface area is 134 Å². The molecular weight excluding hydrogens is 305 g/mol. The van der Waals surface area contributed by atoms with Crippen molar-refractivity contribution in [1.29, 1.82) is 0 Å². The van der Waals surface area contributed by atoms with Crippen LogP contribution in [0.25, 0.3) is 0 Å². The van der Waals surface area contributed by atoms with Crippen molar-refractivity contribution in [2.75, 3.05) is 7.05 Å². The zero-order valence-corrected chi connectivity index (χ0v) is 13.6. The van der Waals surface area contributed by atoms with Gasteiger partial charge in [0.25, 0.3) is 0 Å². The van der Waals surface area contributed by atoms with E-state index in [4.69, 9.17) is 11.6 Å². The number of aryl methyl sites for hydroxylation is 1. The van der Waals surface area contributed by atoms with Crippen LogP contribution in [0.5, 0.6) is 0 Å². The fourth-order valence-corrected chi connectivity index (χ4v) is 4.55. The molecule has 21 heavy (non-hydrogen) atoms. The fourth-order valence-electron chi connectivity index (χ4n) is 3.31. The molecule has 1 heterocycles. The van der Waals surface area contributed by atoms with Gasteiger partial charge in [-0.3, -0.25) is 0 Å². The zero-order chi connectivity index (χ0) is 14.8. The predicted octanol–water partition coefficient (Wildman–Crippen LogP) is 4.79. The molecule has 0 saturated carbocycles. The van der Waals surface area contributed by atoms with E-state index in [1.165, 1.54) is 41.8 Å². The first-order chi connectivity index (χ1) is 10.2. The summed E-state index contributed by atoms with van der Waals surface area (Å²) in [6.45, 7) is 0. The van der Waals surface area contributed by atoms with Crippen molar-refractivity contribution in [2.45, 2.75) is 37.6 Å². The summed E-state index contributed by atoms with van der Waals surface area (Å²) < 4.78 is 13.2. The predicted molar refractivity (Wildman–Crippen MR) is 88.0 cm³/mol. The van der Waals surface area contributed by atoms with Gasteiger partial charge in [0.1, 0.15) is 5.82 Å². The smallest absolute Gasteiger partial charge is 0.124 e. The number of likely N-dealkylation sites (N-methyl/N-ethyl adjacent to an activating group) is 1. The molecule has 2 atom stereocenters. The molecule has 1 aliphatic rings. The summed E-state index contributed by atoms with van der Waals surface area (Å²) in [5, 5.41) is 6.16. The number of thiophene rings is 1. The molecule has 0 radical (unpaired) electrons. The van der Waals surface area contributed by atoms with Gasteiger partial charge < -0.3 is 5.32 Å². The number of nitrogens with one attached hydrogen (secondary N) is 1. The summed E-state index contributed by atoms with van der Waals surface area (Å²) in [6.07, 6.45) is 4.48. The van der Waals surface area contributed by atoms with E-state index in [1.807, 2.05) is 18.4 Å².